The van der Waals surface area contributed by atoms with Crippen LogP contribution in [-0.2, 0) is 4.79 Å². The van der Waals surface area contributed by atoms with Crippen molar-refractivity contribution in [3.8, 4) is 5.75 Å². The van der Waals surface area contributed by atoms with Crippen molar-refractivity contribution in [3.63, 3.8) is 0 Å². The first-order chi connectivity index (χ1) is 13.1. The molecule has 27 heavy (non-hydrogen) atoms. The molecule has 1 amide bonds. The molecule has 3 aromatic rings. The van der Waals surface area contributed by atoms with Crippen molar-refractivity contribution in [1.29, 1.82) is 0 Å². The monoisotopic (exact) mass is 362 g/mol. The lowest BCUT2D eigenvalue weighted by Gasteiger charge is -2.20. The number of amides is 1. The summed E-state index contributed by atoms with van der Waals surface area (Å²) in [7, 11) is 0. The van der Waals surface area contributed by atoms with E-state index in [1.807, 2.05) is 60.7 Å². The lowest BCUT2D eigenvalue weighted by molar-refractivity contribution is -0.384. The van der Waals surface area contributed by atoms with Crippen molar-refractivity contribution in [2.45, 2.75) is 6.04 Å². The zero-order chi connectivity index (χ0) is 19.1. The molecule has 0 saturated carbocycles. The molecule has 6 heteroatoms. The molecule has 0 bridgehead atoms. The Bertz CT molecular complexity index is 857. The van der Waals surface area contributed by atoms with Gasteiger partial charge in [-0.25, -0.2) is 0 Å². The molecule has 0 heterocycles. The number of carbonyl (C=O) groups is 1. The molecule has 1 N–H and O–H groups in total. The van der Waals surface area contributed by atoms with E-state index in [-0.39, 0.29) is 24.2 Å². The molecule has 0 radical (unpaired) electrons. The van der Waals surface area contributed by atoms with Gasteiger partial charge in [-0.15, -0.1) is 0 Å². The summed E-state index contributed by atoms with van der Waals surface area (Å²) >= 11 is 0. The van der Waals surface area contributed by atoms with E-state index in [2.05, 4.69) is 5.32 Å². The van der Waals surface area contributed by atoms with Crippen molar-refractivity contribution < 1.29 is 14.5 Å². The number of nitrogens with zero attached hydrogens (tertiary/aromatic N) is 1. The Hall–Kier alpha value is -3.67. The van der Waals surface area contributed by atoms with Gasteiger partial charge in [0, 0.05) is 12.1 Å². The lowest BCUT2D eigenvalue weighted by Crippen LogP contribution is -2.33. The molecule has 3 rings (SSSR count). The average molecular weight is 362 g/mol. The Kier molecular flexibility index (Phi) is 5.79. The number of benzene rings is 3. The summed E-state index contributed by atoms with van der Waals surface area (Å²) in [6.45, 7) is -0.187. The highest BCUT2D eigenvalue weighted by Gasteiger charge is 2.17. The Balaban J connectivity index is 1.67. The first-order valence-corrected chi connectivity index (χ1v) is 8.40. The molecule has 0 aliphatic rings. The van der Waals surface area contributed by atoms with Crippen molar-refractivity contribution in [2.75, 3.05) is 6.61 Å². The number of nitro groups is 1. The molecule has 0 saturated heterocycles. The van der Waals surface area contributed by atoms with Gasteiger partial charge in [0.05, 0.1) is 11.0 Å². The maximum Gasteiger partial charge on any atom is 0.269 e. The van der Waals surface area contributed by atoms with E-state index in [1.54, 1.807) is 0 Å². The average Bonchev–Trinajstić information content (AvgIpc) is 2.72. The Morgan fingerprint density at radius 1 is 0.889 bits per heavy atom. The van der Waals surface area contributed by atoms with Crippen LogP contribution in [0.5, 0.6) is 5.75 Å². The van der Waals surface area contributed by atoms with Crippen molar-refractivity contribution in [3.05, 3.63) is 106 Å². The van der Waals surface area contributed by atoms with Gasteiger partial charge in [0.1, 0.15) is 5.75 Å². The molecule has 0 fully saturated rings. The van der Waals surface area contributed by atoms with E-state index in [4.69, 9.17) is 4.74 Å². The van der Waals surface area contributed by atoms with Crippen LogP contribution in [0, 0.1) is 10.1 Å². The SMILES string of the molecule is O=C(COc1ccc([N+](=O)[O-])cc1)NC(c1ccccc1)c1ccccc1. The summed E-state index contributed by atoms with van der Waals surface area (Å²) in [6.07, 6.45) is 0. The molecule has 0 aliphatic heterocycles. The van der Waals surface area contributed by atoms with Crippen LogP contribution in [0.4, 0.5) is 5.69 Å². The second-order valence-corrected chi connectivity index (χ2v) is 5.86. The summed E-state index contributed by atoms with van der Waals surface area (Å²) in [5, 5.41) is 13.6. The van der Waals surface area contributed by atoms with Gasteiger partial charge in [-0.1, -0.05) is 60.7 Å². The standard InChI is InChI=1S/C21H18N2O4/c24-20(15-27-19-13-11-18(12-14-19)23(25)26)22-21(16-7-3-1-4-8-16)17-9-5-2-6-10-17/h1-14,21H,15H2,(H,22,24). The number of ether oxygens (including phenoxy) is 1. The first-order valence-electron chi connectivity index (χ1n) is 8.40. The van der Waals surface area contributed by atoms with E-state index >= 15 is 0 Å². The van der Waals surface area contributed by atoms with Gasteiger partial charge in [0.15, 0.2) is 6.61 Å². The molecule has 3 aromatic carbocycles. The number of rotatable bonds is 7. The van der Waals surface area contributed by atoms with Gasteiger partial charge < -0.3 is 10.1 Å². The van der Waals surface area contributed by atoms with E-state index in [0.717, 1.165) is 11.1 Å². The van der Waals surface area contributed by atoms with Crippen LogP contribution >= 0.6 is 0 Å². The highest BCUT2D eigenvalue weighted by Crippen LogP contribution is 2.22. The summed E-state index contributed by atoms with van der Waals surface area (Å²) in [5.74, 6) is 0.109. The minimum absolute atomic E-state index is 0.0278. The predicted octanol–water partition coefficient (Wildman–Crippen LogP) is 3.88. The van der Waals surface area contributed by atoms with Crippen molar-refractivity contribution in [2.24, 2.45) is 0 Å². The third-order valence-electron chi connectivity index (χ3n) is 3.99. The summed E-state index contributed by atoms with van der Waals surface area (Å²) < 4.78 is 5.44. The minimum atomic E-state index is -0.485. The lowest BCUT2D eigenvalue weighted by atomic mass is 9.99. The first kappa shape index (κ1) is 18.1. The zero-order valence-corrected chi connectivity index (χ0v) is 14.4. The molecular weight excluding hydrogens is 344 g/mol. The fourth-order valence-corrected chi connectivity index (χ4v) is 2.67. The molecule has 0 aromatic heterocycles. The van der Waals surface area contributed by atoms with Crippen LogP contribution in [0.25, 0.3) is 0 Å². The van der Waals surface area contributed by atoms with E-state index in [9.17, 15) is 14.9 Å². The van der Waals surface area contributed by atoms with Gasteiger partial charge >= 0.3 is 0 Å². The second-order valence-electron chi connectivity index (χ2n) is 5.86. The topological polar surface area (TPSA) is 81.5 Å². The second kappa shape index (κ2) is 8.62. The number of hydrogen-bond donors (Lipinski definition) is 1. The fraction of sp³-hybridized carbons (Fsp3) is 0.0952. The zero-order valence-electron chi connectivity index (χ0n) is 14.4. The van der Waals surface area contributed by atoms with E-state index in [0.29, 0.717) is 5.75 Å². The number of carbonyl (C=O) groups excluding carboxylic acids is 1. The highest BCUT2D eigenvalue weighted by atomic mass is 16.6. The van der Waals surface area contributed by atoms with E-state index in [1.165, 1.54) is 24.3 Å². The molecular formula is C21H18N2O4. The predicted molar refractivity (Wildman–Crippen MR) is 101 cm³/mol. The smallest absolute Gasteiger partial charge is 0.269 e. The van der Waals surface area contributed by atoms with Crippen LogP contribution in [0.1, 0.15) is 17.2 Å². The van der Waals surface area contributed by atoms with Crippen LogP contribution in [0.3, 0.4) is 0 Å². The van der Waals surface area contributed by atoms with Gasteiger partial charge in [0.2, 0.25) is 0 Å². The highest BCUT2D eigenvalue weighted by molar-refractivity contribution is 5.78. The largest absolute Gasteiger partial charge is 0.484 e. The number of hydrogen-bond acceptors (Lipinski definition) is 4. The van der Waals surface area contributed by atoms with Crippen molar-refractivity contribution >= 4 is 11.6 Å². The van der Waals surface area contributed by atoms with Gasteiger partial charge in [-0.05, 0) is 23.3 Å². The number of nitrogens with one attached hydrogen (secondary N) is 1. The van der Waals surface area contributed by atoms with Gasteiger partial charge in [-0.3, -0.25) is 14.9 Å². The molecule has 6 nitrogen and oxygen atoms in total. The molecule has 136 valence electrons. The van der Waals surface area contributed by atoms with Crippen LogP contribution in [0.2, 0.25) is 0 Å². The third kappa shape index (κ3) is 4.92. The minimum Gasteiger partial charge on any atom is -0.484 e. The van der Waals surface area contributed by atoms with Crippen molar-refractivity contribution in [1.82, 2.24) is 5.32 Å². The molecule has 0 aliphatic carbocycles. The van der Waals surface area contributed by atoms with Crippen LogP contribution in [-0.4, -0.2) is 17.4 Å². The Morgan fingerprint density at radius 3 is 1.89 bits per heavy atom. The summed E-state index contributed by atoms with van der Waals surface area (Å²) in [4.78, 5) is 22.6. The van der Waals surface area contributed by atoms with Crippen LogP contribution in [0.15, 0.2) is 84.9 Å². The maximum absolute atomic E-state index is 12.4. The molecule has 0 atom stereocenters. The van der Waals surface area contributed by atoms with Gasteiger partial charge in [0.25, 0.3) is 11.6 Å². The molecule has 0 unspecified atom stereocenters. The number of nitro benzene ring substituents is 1. The Labute approximate surface area is 156 Å². The summed E-state index contributed by atoms with van der Waals surface area (Å²) in [6, 6.07) is 24.7. The Morgan fingerprint density at radius 2 is 1.41 bits per heavy atom. The normalized spacial score (nSPS) is 10.4. The quantitative estimate of drug-likeness (QED) is 0.511. The molecule has 0 spiro atoms. The number of non-ortho nitro benzene ring substituents is 1. The summed E-state index contributed by atoms with van der Waals surface area (Å²) in [5.41, 5.74) is 1.90. The fourth-order valence-electron chi connectivity index (χ4n) is 2.67. The third-order valence-corrected chi connectivity index (χ3v) is 3.99. The van der Waals surface area contributed by atoms with Gasteiger partial charge in [-0.2, -0.15) is 0 Å². The van der Waals surface area contributed by atoms with E-state index < -0.39 is 4.92 Å². The maximum atomic E-state index is 12.4. The van der Waals surface area contributed by atoms with Crippen LogP contribution < -0.4 is 10.1 Å².